The van der Waals surface area contributed by atoms with Crippen molar-refractivity contribution < 1.29 is 19.4 Å². The van der Waals surface area contributed by atoms with Gasteiger partial charge >= 0.3 is 5.97 Å². The molecule has 0 saturated carbocycles. The average molecular weight is 414 g/mol. The molecule has 0 aliphatic carbocycles. The minimum Gasteiger partial charge on any atom is -0.493 e. The van der Waals surface area contributed by atoms with Crippen LogP contribution in [0.4, 0.5) is 0 Å². The molecule has 29 heavy (non-hydrogen) atoms. The lowest BCUT2D eigenvalue weighted by Gasteiger charge is -2.29. The summed E-state index contributed by atoms with van der Waals surface area (Å²) in [5.41, 5.74) is 2.50. The van der Waals surface area contributed by atoms with E-state index in [0.29, 0.717) is 37.6 Å². The van der Waals surface area contributed by atoms with E-state index in [0.717, 1.165) is 22.4 Å². The molecule has 152 valence electrons. The first-order valence-electron chi connectivity index (χ1n) is 9.71. The zero-order valence-electron chi connectivity index (χ0n) is 16.3. The van der Waals surface area contributed by atoms with Gasteiger partial charge in [-0.1, -0.05) is 41.9 Å². The molecule has 1 aliphatic rings. The highest BCUT2D eigenvalue weighted by Crippen LogP contribution is 2.38. The zero-order chi connectivity index (χ0) is 20.8. The Hall–Kier alpha value is -2.79. The molecule has 2 aromatic rings. The molecule has 0 aromatic heterocycles. The van der Waals surface area contributed by atoms with Crippen LogP contribution in [0.3, 0.4) is 0 Å². The molecular weight excluding hydrogens is 390 g/mol. The molecule has 1 N–H and O–H groups in total. The van der Waals surface area contributed by atoms with Gasteiger partial charge in [0.05, 0.1) is 12.5 Å². The molecule has 1 aliphatic heterocycles. The number of nitrogens with zero attached hydrogens (tertiary/aromatic N) is 1. The Labute approximate surface area is 175 Å². The molecule has 6 heteroatoms. The molecule has 2 aromatic carbocycles. The van der Waals surface area contributed by atoms with E-state index in [4.69, 9.17) is 21.4 Å². The topological polar surface area (TPSA) is 66.8 Å². The van der Waals surface area contributed by atoms with Crippen molar-refractivity contribution in [3.05, 3.63) is 59.1 Å². The number of amides is 1. The normalized spacial score (nSPS) is 14.9. The smallest absolute Gasteiger partial charge is 0.306 e. The number of carbonyl (C=O) groups is 2. The Morgan fingerprint density at radius 2 is 1.90 bits per heavy atom. The van der Waals surface area contributed by atoms with Crippen LogP contribution in [0.25, 0.3) is 17.2 Å². The van der Waals surface area contributed by atoms with Gasteiger partial charge in [0.15, 0.2) is 0 Å². The maximum absolute atomic E-state index is 12.6. The van der Waals surface area contributed by atoms with Gasteiger partial charge in [-0.05, 0) is 43.5 Å². The van der Waals surface area contributed by atoms with Crippen LogP contribution in [0.15, 0.2) is 48.5 Å². The summed E-state index contributed by atoms with van der Waals surface area (Å²) >= 11 is 6.51. The van der Waals surface area contributed by atoms with Crippen LogP contribution < -0.4 is 4.74 Å². The van der Waals surface area contributed by atoms with Crippen LogP contribution in [-0.2, 0) is 9.59 Å². The first-order valence-corrected chi connectivity index (χ1v) is 10.1. The van der Waals surface area contributed by atoms with Gasteiger partial charge in [-0.3, -0.25) is 9.59 Å². The van der Waals surface area contributed by atoms with E-state index in [1.165, 1.54) is 6.08 Å². The lowest BCUT2D eigenvalue weighted by atomic mass is 9.96. The average Bonchev–Trinajstić information content (AvgIpc) is 2.73. The summed E-state index contributed by atoms with van der Waals surface area (Å²) in [5.74, 6) is -0.542. The second-order valence-corrected chi connectivity index (χ2v) is 7.31. The summed E-state index contributed by atoms with van der Waals surface area (Å²) in [7, 11) is 0. The second-order valence-electron chi connectivity index (χ2n) is 6.90. The van der Waals surface area contributed by atoms with Crippen LogP contribution in [0, 0.1) is 5.92 Å². The van der Waals surface area contributed by atoms with Gasteiger partial charge in [-0.15, -0.1) is 0 Å². The Morgan fingerprint density at radius 1 is 1.17 bits per heavy atom. The summed E-state index contributed by atoms with van der Waals surface area (Å²) < 4.78 is 5.75. The van der Waals surface area contributed by atoms with Crippen molar-refractivity contribution in [2.45, 2.75) is 19.8 Å². The van der Waals surface area contributed by atoms with Crippen molar-refractivity contribution in [3.63, 3.8) is 0 Å². The molecule has 0 atom stereocenters. The molecule has 1 heterocycles. The van der Waals surface area contributed by atoms with E-state index < -0.39 is 5.97 Å². The first kappa shape index (κ1) is 20.9. The number of benzene rings is 2. The number of ether oxygens (including phenoxy) is 1. The molecular formula is C23H24ClNO4. The van der Waals surface area contributed by atoms with Gasteiger partial charge < -0.3 is 14.7 Å². The third-order valence-corrected chi connectivity index (χ3v) is 5.38. The number of likely N-dealkylation sites (tertiary alicyclic amines) is 1. The Morgan fingerprint density at radius 3 is 2.59 bits per heavy atom. The lowest BCUT2D eigenvalue weighted by molar-refractivity contribution is -0.144. The number of halogens is 1. The predicted octanol–water partition coefficient (Wildman–Crippen LogP) is 4.74. The zero-order valence-corrected chi connectivity index (χ0v) is 17.1. The van der Waals surface area contributed by atoms with Gasteiger partial charge in [0, 0.05) is 35.3 Å². The largest absolute Gasteiger partial charge is 0.493 e. The number of aliphatic carboxylic acids is 1. The number of carboxylic acid groups (broad SMARTS) is 1. The van der Waals surface area contributed by atoms with Crippen molar-refractivity contribution in [2.24, 2.45) is 5.92 Å². The van der Waals surface area contributed by atoms with E-state index in [9.17, 15) is 9.59 Å². The minimum atomic E-state index is -0.788. The fourth-order valence-electron chi connectivity index (χ4n) is 3.53. The molecule has 0 unspecified atom stereocenters. The molecule has 1 amide bonds. The Kier molecular flexibility index (Phi) is 6.94. The third kappa shape index (κ3) is 4.98. The summed E-state index contributed by atoms with van der Waals surface area (Å²) in [5, 5.41) is 9.68. The Bertz CT molecular complexity index is 917. The quantitative estimate of drug-likeness (QED) is 0.694. The van der Waals surface area contributed by atoms with Crippen molar-refractivity contribution in [1.29, 1.82) is 0 Å². The van der Waals surface area contributed by atoms with Gasteiger partial charge in [0.1, 0.15) is 5.75 Å². The number of para-hydroxylation sites is 1. The highest BCUT2D eigenvalue weighted by molar-refractivity contribution is 6.33. The van der Waals surface area contributed by atoms with Crippen molar-refractivity contribution in [3.8, 4) is 16.9 Å². The lowest BCUT2D eigenvalue weighted by Crippen LogP contribution is -2.39. The first-order chi connectivity index (χ1) is 14.0. The fraction of sp³-hybridized carbons (Fsp3) is 0.304. The number of hydrogen-bond donors (Lipinski definition) is 1. The molecule has 1 saturated heterocycles. The summed E-state index contributed by atoms with van der Waals surface area (Å²) in [4.78, 5) is 25.4. The van der Waals surface area contributed by atoms with Gasteiger partial charge in [-0.2, -0.15) is 0 Å². The minimum absolute atomic E-state index is 0.127. The number of rotatable bonds is 6. The summed E-state index contributed by atoms with van der Waals surface area (Å²) in [6, 6.07) is 13.2. The van der Waals surface area contributed by atoms with Crippen molar-refractivity contribution >= 4 is 29.6 Å². The fourth-order valence-corrected chi connectivity index (χ4v) is 3.82. The van der Waals surface area contributed by atoms with Crippen molar-refractivity contribution in [1.82, 2.24) is 4.90 Å². The van der Waals surface area contributed by atoms with Crippen LogP contribution in [-0.4, -0.2) is 41.6 Å². The summed E-state index contributed by atoms with van der Waals surface area (Å²) in [6.07, 6.45) is 4.26. The second kappa shape index (κ2) is 9.61. The van der Waals surface area contributed by atoms with Crippen LogP contribution in [0.2, 0.25) is 5.02 Å². The summed E-state index contributed by atoms with van der Waals surface area (Å²) in [6.45, 7) is 3.37. The predicted molar refractivity (Wildman–Crippen MR) is 114 cm³/mol. The standard InChI is InChI=1S/C23H24ClNO4/c1-2-29-20-9-4-3-7-18(20)22-16(6-5-8-19(22)24)10-11-21(26)25-14-12-17(13-15-25)23(27)28/h3-11,17H,2,12-15H2,1H3,(H,27,28)/b11-10+. The highest BCUT2D eigenvalue weighted by Gasteiger charge is 2.26. The van der Waals surface area contributed by atoms with E-state index in [1.807, 2.05) is 49.4 Å². The van der Waals surface area contributed by atoms with Crippen molar-refractivity contribution in [2.75, 3.05) is 19.7 Å². The maximum Gasteiger partial charge on any atom is 0.306 e. The highest BCUT2D eigenvalue weighted by atomic mass is 35.5. The maximum atomic E-state index is 12.6. The van der Waals surface area contributed by atoms with Gasteiger partial charge in [-0.25, -0.2) is 0 Å². The molecule has 0 spiro atoms. The van der Waals surface area contributed by atoms with E-state index >= 15 is 0 Å². The molecule has 3 rings (SSSR count). The SMILES string of the molecule is CCOc1ccccc1-c1c(Cl)cccc1/C=C/C(=O)N1CCC(C(=O)O)CC1. The number of carbonyl (C=O) groups excluding carboxylic acids is 1. The number of carboxylic acids is 1. The monoisotopic (exact) mass is 413 g/mol. The molecule has 1 fully saturated rings. The van der Waals surface area contributed by atoms with Crippen LogP contribution in [0.1, 0.15) is 25.3 Å². The third-order valence-electron chi connectivity index (χ3n) is 5.06. The van der Waals surface area contributed by atoms with Gasteiger partial charge in [0.2, 0.25) is 5.91 Å². The number of piperidine rings is 1. The molecule has 0 bridgehead atoms. The van der Waals surface area contributed by atoms with Crippen LogP contribution in [0.5, 0.6) is 5.75 Å². The van der Waals surface area contributed by atoms with Crippen LogP contribution >= 0.6 is 11.6 Å². The van der Waals surface area contributed by atoms with E-state index in [-0.39, 0.29) is 11.8 Å². The molecule has 0 radical (unpaired) electrons. The Balaban J connectivity index is 1.83. The van der Waals surface area contributed by atoms with E-state index in [2.05, 4.69) is 0 Å². The molecule has 5 nitrogen and oxygen atoms in total. The number of hydrogen-bond acceptors (Lipinski definition) is 3. The van der Waals surface area contributed by atoms with E-state index in [1.54, 1.807) is 11.0 Å². The van der Waals surface area contributed by atoms with Gasteiger partial charge in [0.25, 0.3) is 0 Å².